The fourth-order valence-electron chi connectivity index (χ4n) is 2.57. The number of ether oxygens (including phenoxy) is 1. The molecule has 0 aliphatic heterocycles. The van der Waals surface area contributed by atoms with Gasteiger partial charge in [-0.15, -0.1) is 0 Å². The predicted molar refractivity (Wildman–Crippen MR) is 93.6 cm³/mol. The lowest BCUT2D eigenvalue weighted by Gasteiger charge is -2.12. The summed E-state index contributed by atoms with van der Waals surface area (Å²) in [6, 6.07) is 10.2. The Morgan fingerprint density at radius 2 is 2.17 bits per heavy atom. The zero-order valence-corrected chi connectivity index (χ0v) is 13.7. The van der Waals surface area contributed by atoms with E-state index in [1.165, 1.54) is 12.1 Å². The molecule has 0 amide bonds. The van der Waals surface area contributed by atoms with E-state index in [0.717, 1.165) is 16.7 Å². The summed E-state index contributed by atoms with van der Waals surface area (Å²) in [4.78, 5) is 4.91. The van der Waals surface area contributed by atoms with Gasteiger partial charge in [-0.1, -0.05) is 18.3 Å². The first-order chi connectivity index (χ1) is 11.1. The molecule has 0 saturated heterocycles. The Kier molecular flexibility index (Phi) is 4.25. The second-order valence-electron chi connectivity index (χ2n) is 5.21. The van der Waals surface area contributed by atoms with Gasteiger partial charge in [-0.25, -0.2) is 9.37 Å². The Hall–Kier alpha value is -2.47. The number of hydrogen-bond donors (Lipinski definition) is 1. The number of halogens is 1. The minimum Gasteiger partial charge on any atom is -0.496 e. The van der Waals surface area contributed by atoms with Crippen LogP contribution in [-0.2, 0) is 13.5 Å². The third-order valence-corrected chi connectivity index (χ3v) is 3.85. The van der Waals surface area contributed by atoms with E-state index in [9.17, 15) is 4.39 Å². The van der Waals surface area contributed by atoms with Crippen LogP contribution in [0.3, 0.4) is 0 Å². The molecule has 1 heterocycles. The zero-order valence-electron chi connectivity index (χ0n) is 12.8. The number of imidazole rings is 1. The summed E-state index contributed by atoms with van der Waals surface area (Å²) in [5.74, 6) is 0.312. The number of thiocarbonyl (C=S) groups is 1. The maximum atomic E-state index is 13.4. The minimum absolute atomic E-state index is 0.308. The molecule has 23 heavy (non-hydrogen) atoms. The van der Waals surface area contributed by atoms with Gasteiger partial charge in [0.25, 0.3) is 0 Å². The van der Waals surface area contributed by atoms with Gasteiger partial charge >= 0.3 is 0 Å². The fraction of sp³-hybridized carbons (Fsp3) is 0.176. The first kappa shape index (κ1) is 15.4. The van der Waals surface area contributed by atoms with Gasteiger partial charge in [0.1, 0.15) is 11.6 Å². The predicted octanol–water partition coefficient (Wildman–Crippen LogP) is 3.70. The Balaban J connectivity index is 1.84. The van der Waals surface area contributed by atoms with Crippen LogP contribution in [0.5, 0.6) is 5.75 Å². The smallest absolute Gasteiger partial charge is 0.123 e. The maximum absolute atomic E-state index is 13.4. The Morgan fingerprint density at radius 3 is 2.96 bits per heavy atom. The quantitative estimate of drug-likeness (QED) is 0.741. The number of nitrogens with zero attached hydrogens (tertiary/aromatic N) is 2. The number of aryl methyl sites for hydroxylation is 1. The Labute approximate surface area is 138 Å². The summed E-state index contributed by atoms with van der Waals surface area (Å²) in [7, 11) is 3.49. The lowest BCUT2D eigenvalue weighted by molar-refractivity contribution is 0.409. The van der Waals surface area contributed by atoms with E-state index in [0.29, 0.717) is 22.7 Å². The first-order valence-electron chi connectivity index (χ1n) is 7.11. The Morgan fingerprint density at radius 1 is 1.35 bits per heavy atom. The van der Waals surface area contributed by atoms with Crippen molar-refractivity contribution in [3.8, 4) is 5.75 Å². The van der Waals surface area contributed by atoms with E-state index < -0.39 is 0 Å². The highest BCUT2D eigenvalue weighted by Gasteiger charge is 2.10. The van der Waals surface area contributed by atoms with Gasteiger partial charge < -0.3 is 14.6 Å². The molecule has 0 bridgehead atoms. The second-order valence-corrected chi connectivity index (χ2v) is 5.70. The average molecular weight is 329 g/mol. The first-order valence-corrected chi connectivity index (χ1v) is 7.51. The molecule has 0 aliphatic carbocycles. The van der Waals surface area contributed by atoms with E-state index in [2.05, 4.69) is 10.3 Å². The van der Waals surface area contributed by atoms with Crippen LogP contribution >= 0.6 is 12.2 Å². The topological polar surface area (TPSA) is 39.1 Å². The molecule has 118 valence electrons. The van der Waals surface area contributed by atoms with Crippen LogP contribution in [0.4, 0.5) is 10.1 Å². The van der Waals surface area contributed by atoms with Crippen molar-refractivity contribution >= 4 is 33.9 Å². The molecule has 0 radical (unpaired) electrons. The van der Waals surface area contributed by atoms with E-state index in [1.54, 1.807) is 19.5 Å². The van der Waals surface area contributed by atoms with Gasteiger partial charge in [-0.05, 0) is 30.3 Å². The molecular formula is C17H16FN3OS. The molecule has 1 aromatic heterocycles. The largest absolute Gasteiger partial charge is 0.496 e. The lowest BCUT2D eigenvalue weighted by Crippen LogP contribution is -2.13. The molecule has 1 N–H and O–H groups in total. The van der Waals surface area contributed by atoms with Gasteiger partial charge in [0.2, 0.25) is 0 Å². The average Bonchev–Trinajstić information content (AvgIpc) is 2.90. The summed E-state index contributed by atoms with van der Waals surface area (Å²) in [5, 5.41) is 3.22. The van der Waals surface area contributed by atoms with Crippen molar-refractivity contribution in [1.82, 2.24) is 9.55 Å². The normalized spacial score (nSPS) is 10.7. The zero-order chi connectivity index (χ0) is 16.4. The third-order valence-electron chi connectivity index (χ3n) is 3.61. The monoisotopic (exact) mass is 329 g/mol. The van der Waals surface area contributed by atoms with Crippen LogP contribution in [0, 0.1) is 5.82 Å². The van der Waals surface area contributed by atoms with Crippen LogP contribution in [0.1, 0.15) is 5.56 Å². The molecule has 4 nitrogen and oxygen atoms in total. The molecule has 2 aromatic carbocycles. The van der Waals surface area contributed by atoms with Crippen molar-refractivity contribution in [2.45, 2.75) is 6.42 Å². The fourth-order valence-corrected chi connectivity index (χ4v) is 2.83. The van der Waals surface area contributed by atoms with Crippen molar-refractivity contribution in [3.63, 3.8) is 0 Å². The van der Waals surface area contributed by atoms with Gasteiger partial charge in [0.05, 0.1) is 35.1 Å². The molecule has 6 heteroatoms. The summed E-state index contributed by atoms with van der Waals surface area (Å²) in [5.41, 5.74) is 3.45. The molecular weight excluding hydrogens is 313 g/mol. The number of benzene rings is 2. The van der Waals surface area contributed by atoms with E-state index in [4.69, 9.17) is 17.0 Å². The van der Waals surface area contributed by atoms with Gasteiger partial charge in [0.15, 0.2) is 0 Å². The molecule has 0 saturated carbocycles. The van der Waals surface area contributed by atoms with Crippen LogP contribution < -0.4 is 10.1 Å². The molecule has 0 spiro atoms. The lowest BCUT2D eigenvalue weighted by atomic mass is 10.1. The molecule has 0 unspecified atom stereocenters. The van der Waals surface area contributed by atoms with Gasteiger partial charge in [0, 0.05) is 19.0 Å². The van der Waals surface area contributed by atoms with Crippen molar-refractivity contribution in [1.29, 1.82) is 0 Å². The van der Waals surface area contributed by atoms with Crippen LogP contribution in [-0.4, -0.2) is 21.6 Å². The van der Waals surface area contributed by atoms with E-state index >= 15 is 0 Å². The molecule has 0 aliphatic rings. The molecule has 3 rings (SSSR count). The number of methoxy groups -OCH3 is 1. The summed E-state index contributed by atoms with van der Waals surface area (Å²) in [6.07, 6.45) is 2.15. The van der Waals surface area contributed by atoms with E-state index in [-0.39, 0.29) is 5.82 Å². The highest BCUT2D eigenvalue weighted by atomic mass is 32.1. The van der Waals surface area contributed by atoms with Crippen molar-refractivity contribution in [2.24, 2.45) is 7.05 Å². The number of nitrogens with one attached hydrogen (secondary N) is 1. The highest BCUT2D eigenvalue weighted by Crippen LogP contribution is 2.24. The number of hydrogen-bond acceptors (Lipinski definition) is 3. The number of para-hydroxylation sites is 1. The Bertz CT molecular complexity index is 875. The van der Waals surface area contributed by atoms with Crippen molar-refractivity contribution in [2.75, 3.05) is 12.4 Å². The number of anilines is 1. The number of fused-ring (bicyclic) bond motifs is 1. The minimum atomic E-state index is -0.308. The SMILES string of the molecule is COc1ccc(F)cc1CC(=S)Nc1cccc2ncn(C)c12. The standard InChI is InChI=1S/C17H16FN3OS/c1-21-10-19-13-4-3-5-14(17(13)21)20-16(23)9-11-8-12(18)6-7-15(11)22-2/h3-8,10H,9H2,1-2H3,(H,20,23). The van der Waals surface area contributed by atoms with Gasteiger partial charge in [-0.3, -0.25) is 0 Å². The van der Waals surface area contributed by atoms with Crippen LogP contribution in [0.15, 0.2) is 42.7 Å². The molecule has 0 fully saturated rings. The highest BCUT2D eigenvalue weighted by molar-refractivity contribution is 7.80. The maximum Gasteiger partial charge on any atom is 0.123 e. The third kappa shape index (κ3) is 3.17. The van der Waals surface area contributed by atoms with E-state index in [1.807, 2.05) is 29.8 Å². The van der Waals surface area contributed by atoms with Crippen molar-refractivity contribution < 1.29 is 9.13 Å². The summed E-state index contributed by atoms with van der Waals surface area (Å²) in [6.45, 7) is 0. The van der Waals surface area contributed by atoms with Crippen LogP contribution in [0.25, 0.3) is 11.0 Å². The number of rotatable bonds is 4. The van der Waals surface area contributed by atoms with Gasteiger partial charge in [-0.2, -0.15) is 0 Å². The second kappa shape index (κ2) is 6.34. The van der Waals surface area contributed by atoms with Crippen LogP contribution in [0.2, 0.25) is 0 Å². The summed E-state index contributed by atoms with van der Waals surface area (Å²) < 4.78 is 20.6. The molecule has 0 atom stereocenters. The number of aromatic nitrogens is 2. The van der Waals surface area contributed by atoms with Crippen molar-refractivity contribution in [3.05, 3.63) is 54.1 Å². The molecule has 3 aromatic rings. The summed E-state index contributed by atoms with van der Waals surface area (Å²) >= 11 is 5.43.